The lowest BCUT2D eigenvalue weighted by Gasteiger charge is -2.27. The standard InChI is InChI=1S/C20H31N3O3/c1-6-15(24)8-10-23(11-9-16(25)7-2)19-13-18(22-14(3)4)17(21)12-20(19)26-5/h12-13,22H,3,6-11,21H2,1-2,4-5H3. The molecule has 0 saturated heterocycles. The second-order valence-electron chi connectivity index (χ2n) is 6.29. The molecule has 144 valence electrons. The van der Waals surface area contributed by atoms with Crippen molar-refractivity contribution >= 4 is 28.6 Å². The smallest absolute Gasteiger partial charge is 0.144 e. The average Bonchev–Trinajstić information content (AvgIpc) is 2.62. The van der Waals surface area contributed by atoms with E-state index in [1.807, 2.05) is 31.7 Å². The summed E-state index contributed by atoms with van der Waals surface area (Å²) in [5.41, 5.74) is 8.93. The average molecular weight is 361 g/mol. The zero-order valence-electron chi connectivity index (χ0n) is 16.4. The maximum atomic E-state index is 11.8. The Morgan fingerprint density at radius 3 is 2.12 bits per heavy atom. The molecule has 0 fully saturated rings. The lowest BCUT2D eigenvalue weighted by Crippen LogP contribution is -2.29. The molecule has 0 atom stereocenters. The van der Waals surface area contributed by atoms with Gasteiger partial charge in [-0.2, -0.15) is 0 Å². The van der Waals surface area contributed by atoms with Crippen LogP contribution in [0.25, 0.3) is 0 Å². The molecule has 0 aliphatic heterocycles. The number of methoxy groups -OCH3 is 1. The first-order valence-corrected chi connectivity index (χ1v) is 9.00. The van der Waals surface area contributed by atoms with Crippen LogP contribution in [0.2, 0.25) is 0 Å². The van der Waals surface area contributed by atoms with Gasteiger partial charge in [0.2, 0.25) is 0 Å². The molecule has 3 N–H and O–H groups in total. The second kappa shape index (κ2) is 10.5. The van der Waals surface area contributed by atoms with Crippen molar-refractivity contribution in [3.05, 3.63) is 24.4 Å². The first-order valence-electron chi connectivity index (χ1n) is 9.00. The number of benzene rings is 1. The number of ether oxygens (including phenoxy) is 1. The molecule has 0 unspecified atom stereocenters. The molecular weight excluding hydrogens is 330 g/mol. The van der Waals surface area contributed by atoms with Crippen LogP contribution >= 0.6 is 0 Å². The molecule has 0 aliphatic rings. The minimum atomic E-state index is 0.187. The number of carbonyl (C=O) groups is 2. The topological polar surface area (TPSA) is 84.7 Å². The molecule has 1 rings (SSSR count). The predicted octanol–water partition coefficient (Wildman–Crippen LogP) is 3.77. The number of rotatable bonds is 12. The first-order chi connectivity index (χ1) is 12.3. The van der Waals surface area contributed by atoms with Gasteiger partial charge < -0.3 is 20.7 Å². The summed E-state index contributed by atoms with van der Waals surface area (Å²) in [5, 5.41) is 3.14. The number of nitrogen functional groups attached to an aromatic ring is 1. The van der Waals surface area contributed by atoms with E-state index in [1.54, 1.807) is 13.2 Å². The van der Waals surface area contributed by atoms with Gasteiger partial charge in [-0.1, -0.05) is 20.4 Å². The summed E-state index contributed by atoms with van der Waals surface area (Å²) in [6.45, 7) is 10.5. The van der Waals surface area contributed by atoms with E-state index in [0.29, 0.717) is 50.2 Å². The predicted molar refractivity (Wildman–Crippen MR) is 108 cm³/mol. The van der Waals surface area contributed by atoms with Gasteiger partial charge in [0.25, 0.3) is 0 Å². The molecule has 1 aromatic rings. The molecule has 0 bridgehead atoms. The molecule has 6 heteroatoms. The normalized spacial score (nSPS) is 10.3. The van der Waals surface area contributed by atoms with E-state index >= 15 is 0 Å². The molecule has 0 amide bonds. The van der Waals surface area contributed by atoms with Gasteiger partial charge in [0.05, 0.1) is 24.2 Å². The Hall–Kier alpha value is -2.50. The fourth-order valence-corrected chi connectivity index (χ4v) is 2.56. The maximum Gasteiger partial charge on any atom is 0.144 e. The summed E-state index contributed by atoms with van der Waals surface area (Å²) in [6.07, 6.45) is 1.85. The molecule has 26 heavy (non-hydrogen) atoms. The second-order valence-corrected chi connectivity index (χ2v) is 6.29. The van der Waals surface area contributed by atoms with Gasteiger partial charge in [-0.05, 0) is 13.0 Å². The number of Topliss-reactive ketones (excluding diaryl/α,β-unsaturated/α-hetero) is 2. The number of nitrogens with two attached hydrogens (primary N) is 1. The summed E-state index contributed by atoms with van der Waals surface area (Å²) in [6, 6.07) is 3.63. The van der Waals surface area contributed by atoms with Crippen molar-refractivity contribution in [2.45, 2.75) is 46.5 Å². The van der Waals surface area contributed by atoms with E-state index in [4.69, 9.17) is 10.5 Å². The van der Waals surface area contributed by atoms with E-state index in [-0.39, 0.29) is 11.6 Å². The first kappa shape index (κ1) is 21.5. The highest BCUT2D eigenvalue weighted by molar-refractivity contribution is 5.82. The number of anilines is 3. The largest absolute Gasteiger partial charge is 0.495 e. The van der Waals surface area contributed by atoms with Crippen LogP contribution < -0.4 is 20.7 Å². The highest BCUT2D eigenvalue weighted by Gasteiger charge is 2.17. The summed E-state index contributed by atoms with van der Waals surface area (Å²) in [7, 11) is 1.58. The van der Waals surface area contributed by atoms with Crippen molar-refractivity contribution in [2.24, 2.45) is 0 Å². The highest BCUT2D eigenvalue weighted by Crippen LogP contribution is 2.36. The number of allylic oxidation sites excluding steroid dienone is 1. The third-order valence-corrected chi connectivity index (χ3v) is 4.15. The minimum absolute atomic E-state index is 0.187. The number of hydrogen-bond donors (Lipinski definition) is 2. The fraction of sp³-hybridized carbons (Fsp3) is 0.500. The van der Waals surface area contributed by atoms with Crippen LogP contribution in [0.5, 0.6) is 5.75 Å². The highest BCUT2D eigenvalue weighted by atomic mass is 16.5. The van der Waals surface area contributed by atoms with E-state index < -0.39 is 0 Å². The van der Waals surface area contributed by atoms with Crippen molar-refractivity contribution in [1.29, 1.82) is 0 Å². The third kappa shape index (κ3) is 6.43. The number of nitrogens with zero attached hydrogens (tertiary/aromatic N) is 1. The third-order valence-electron chi connectivity index (χ3n) is 4.15. The number of carbonyl (C=O) groups excluding carboxylic acids is 2. The van der Waals surface area contributed by atoms with Crippen molar-refractivity contribution in [1.82, 2.24) is 0 Å². The summed E-state index contributed by atoms with van der Waals surface area (Å²) >= 11 is 0. The van der Waals surface area contributed by atoms with Crippen LogP contribution in [0.1, 0.15) is 46.5 Å². The molecule has 0 spiro atoms. The zero-order chi connectivity index (χ0) is 19.7. The molecule has 6 nitrogen and oxygen atoms in total. The van der Waals surface area contributed by atoms with Gasteiger partial charge in [0.1, 0.15) is 17.3 Å². The minimum Gasteiger partial charge on any atom is -0.495 e. The van der Waals surface area contributed by atoms with Gasteiger partial charge in [0, 0.05) is 50.5 Å². The SMILES string of the molecule is C=C(C)Nc1cc(N(CCC(=O)CC)CCC(=O)CC)c(OC)cc1N. The van der Waals surface area contributed by atoms with Gasteiger partial charge in [-0.25, -0.2) is 0 Å². The van der Waals surface area contributed by atoms with Crippen LogP contribution in [0.4, 0.5) is 17.1 Å². The van der Waals surface area contributed by atoms with E-state index in [0.717, 1.165) is 17.1 Å². The van der Waals surface area contributed by atoms with Crippen LogP contribution in [0.3, 0.4) is 0 Å². The van der Waals surface area contributed by atoms with Gasteiger partial charge in [-0.3, -0.25) is 9.59 Å². The fourth-order valence-electron chi connectivity index (χ4n) is 2.56. The van der Waals surface area contributed by atoms with E-state index in [9.17, 15) is 9.59 Å². The summed E-state index contributed by atoms with van der Waals surface area (Å²) in [5.74, 6) is 0.987. The number of nitrogens with one attached hydrogen (secondary N) is 1. The molecule has 0 radical (unpaired) electrons. The molecule has 0 saturated carbocycles. The Morgan fingerprint density at radius 2 is 1.69 bits per heavy atom. The van der Waals surface area contributed by atoms with Gasteiger partial charge in [-0.15, -0.1) is 0 Å². The van der Waals surface area contributed by atoms with E-state index in [2.05, 4.69) is 11.9 Å². The number of ketones is 2. The molecular formula is C20H31N3O3. The van der Waals surface area contributed by atoms with Crippen molar-refractivity contribution in [3.63, 3.8) is 0 Å². The Kier molecular flexibility index (Phi) is 8.68. The van der Waals surface area contributed by atoms with Crippen molar-refractivity contribution in [2.75, 3.05) is 36.1 Å². The summed E-state index contributed by atoms with van der Waals surface area (Å²) in [4.78, 5) is 25.6. The maximum absolute atomic E-state index is 11.8. The van der Waals surface area contributed by atoms with Crippen molar-refractivity contribution < 1.29 is 14.3 Å². The number of hydrogen-bond acceptors (Lipinski definition) is 6. The van der Waals surface area contributed by atoms with Crippen LogP contribution in [0.15, 0.2) is 24.4 Å². The molecule has 0 aliphatic carbocycles. The lowest BCUT2D eigenvalue weighted by atomic mass is 10.1. The molecule has 0 aromatic heterocycles. The Balaban J connectivity index is 3.20. The van der Waals surface area contributed by atoms with Gasteiger partial charge in [0.15, 0.2) is 0 Å². The van der Waals surface area contributed by atoms with Gasteiger partial charge >= 0.3 is 0 Å². The Labute approximate surface area is 156 Å². The Bertz CT molecular complexity index is 636. The van der Waals surface area contributed by atoms with Crippen molar-refractivity contribution in [3.8, 4) is 5.75 Å². The molecule has 0 heterocycles. The summed E-state index contributed by atoms with van der Waals surface area (Å²) < 4.78 is 5.49. The van der Waals surface area contributed by atoms with Crippen LogP contribution in [-0.2, 0) is 9.59 Å². The lowest BCUT2D eigenvalue weighted by molar-refractivity contribution is -0.119. The Morgan fingerprint density at radius 1 is 1.15 bits per heavy atom. The quantitative estimate of drug-likeness (QED) is 0.551. The zero-order valence-corrected chi connectivity index (χ0v) is 16.4. The van der Waals surface area contributed by atoms with Crippen LogP contribution in [0, 0.1) is 0 Å². The van der Waals surface area contributed by atoms with Crippen LogP contribution in [-0.4, -0.2) is 31.8 Å². The molecule has 1 aromatic carbocycles. The van der Waals surface area contributed by atoms with E-state index in [1.165, 1.54) is 0 Å². The monoisotopic (exact) mass is 361 g/mol.